The van der Waals surface area contributed by atoms with Crippen LogP contribution in [0.25, 0.3) is 0 Å². The number of benzene rings is 5. The predicted molar refractivity (Wildman–Crippen MR) is 248 cm³/mol. The Kier molecular flexibility index (Phi) is 19.1. The molecule has 0 radical (unpaired) electrons. The van der Waals surface area contributed by atoms with Gasteiger partial charge in [-0.15, -0.1) is 0 Å². The van der Waals surface area contributed by atoms with Crippen LogP contribution in [0.5, 0.6) is 0 Å². The molecule has 1 amide bonds. The topological polar surface area (TPSA) is 172 Å². The maximum Gasteiger partial charge on any atom is 0.337 e. The number of ether oxygens (including phenoxy) is 2. The molecule has 5 aromatic carbocycles. The van der Waals surface area contributed by atoms with Crippen LogP contribution in [0.15, 0.2) is 103 Å². The second-order valence-corrected chi connectivity index (χ2v) is 16.6. The smallest absolute Gasteiger partial charge is 0.337 e. The Morgan fingerprint density at radius 3 is 1.37 bits per heavy atom. The van der Waals surface area contributed by atoms with Gasteiger partial charge in [0.15, 0.2) is 0 Å². The number of nitrogens with one attached hydrogen (secondary N) is 3. The quantitative estimate of drug-likeness (QED) is 0.0488. The van der Waals surface area contributed by atoms with Crippen LogP contribution in [0.3, 0.4) is 0 Å². The molecule has 0 spiro atoms. The number of fused-ring (bicyclic) bond motifs is 3. The Balaban J connectivity index is 0.000000179. The number of carbonyl (C=O) groups excluding carboxylic acids is 3. The van der Waals surface area contributed by atoms with Gasteiger partial charge in [-0.1, -0.05) is 65.7 Å². The number of halogens is 2. The zero-order chi connectivity index (χ0) is 45.3. The first-order valence-corrected chi connectivity index (χ1v) is 21.9. The lowest BCUT2D eigenvalue weighted by molar-refractivity contribution is 0.0591. The summed E-state index contributed by atoms with van der Waals surface area (Å²) < 4.78 is 9.47. The van der Waals surface area contributed by atoms with E-state index in [1.54, 1.807) is 11.5 Å². The number of hydrogen-bond acceptors (Lipinski definition) is 10. The maximum atomic E-state index is 11.6. The van der Waals surface area contributed by atoms with Gasteiger partial charge < -0.3 is 30.9 Å². The summed E-state index contributed by atoms with van der Waals surface area (Å²) in [5, 5.41) is 24.4. The first-order chi connectivity index (χ1) is 30.5. The molecule has 3 aliphatic carbocycles. The lowest BCUT2D eigenvalue weighted by Gasteiger charge is -2.26. The van der Waals surface area contributed by atoms with Crippen molar-refractivity contribution in [3.63, 3.8) is 0 Å². The summed E-state index contributed by atoms with van der Waals surface area (Å²) in [6, 6.07) is 34.2. The van der Waals surface area contributed by atoms with Crippen molar-refractivity contribution in [2.24, 2.45) is 5.73 Å². The molecule has 0 heterocycles. The minimum Gasteiger partial charge on any atom is -0.465 e. The molecule has 0 aromatic heterocycles. The van der Waals surface area contributed by atoms with Crippen LogP contribution in [0.4, 0.5) is 0 Å². The highest BCUT2D eigenvalue weighted by Gasteiger charge is 2.22. The molecule has 334 valence electrons. The van der Waals surface area contributed by atoms with Gasteiger partial charge in [0, 0.05) is 53.9 Å². The van der Waals surface area contributed by atoms with E-state index in [4.69, 9.17) is 44.0 Å². The van der Waals surface area contributed by atoms with Crippen LogP contribution < -0.4 is 21.8 Å². The van der Waals surface area contributed by atoms with E-state index in [2.05, 4.69) is 33.6 Å². The van der Waals surface area contributed by atoms with Crippen LogP contribution in [0.2, 0.25) is 10.0 Å². The van der Waals surface area contributed by atoms with E-state index < -0.39 is 5.91 Å². The van der Waals surface area contributed by atoms with E-state index in [1.165, 1.54) is 58.7 Å². The molecule has 0 bridgehead atoms. The van der Waals surface area contributed by atoms with Gasteiger partial charge in [0.2, 0.25) is 0 Å². The van der Waals surface area contributed by atoms with Crippen molar-refractivity contribution in [1.29, 1.82) is 0 Å². The zero-order valence-electron chi connectivity index (χ0n) is 36.1. The zero-order valence-corrected chi connectivity index (χ0v) is 37.6. The highest BCUT2D eigenvalue weighted by atomic mass is 35.5. The highest BCUT2D eigenvalue weighted by molar-refractivity contribution is 6.30. The average molecular weight is 898 g/mol. The van der Waals surface area contributed by atoms with Crippen LogP contribution >= 0.6 is 23.2 Å². The Hall–Kier alpha value is -5.11. The number of methoxy groups -OCH3 is 2. The monoisotopic (exact) mass is 896 g/mol. The number of aryl methyl sites for hydroxylation is 3. The molecule has 0 saturated heterocycles. The number of carbonyl (C=O) groups is 3. The third kappa shape index (κ3) is 14.5. The molecular formula is C50H58Cl2N4O7. The van der Waals surface area contributed by atoms with Crippen molar-refractivity contribution in [3.8, 4) is 0 Å². The summed E-state index contributed by atoms with van der Waals surface area (Å²) in [4.78, 5) is 34.4. The normalized spacial score (nSPS) is 16.9. The molecule has 8 rings (SSSR count). The third-order valence-corrected chi connectivity index (χ3v) is 12.1. The number of esters is 2. The third-order valence-electron chi connectivity index (χ3n) is 11.6. The molecule has 11 nitrogen and oxygen atoms in total. The van der Waals surface area contributed by atoms with Gasteiger partial charge in [-0.25, -0.2) is 15.1 Å². The van der Waals surface area contributed by atoms with Gasteiger partial charge in [-0.2, -0.15) is 0 Å². The summed E-state index contributed by atoms with van der Waals surface area (Å²) in [6.07, 6.45) is 8.83. The van der Waals surface area contributed by atoms with Crippen LogP contribution in [0, 0.1) is 0 Å². The SMILES string of the molecule is CO.COC(=O)c1ccc2c(c1)CCC(N)C2.COC(=O)c1ccc2c(c1)CCC(NCc1ccc(Cl)cc1)C2.O=C(NO)c1ccc2c(c1)CCC(NCc1ccc(Cl)cc1)C2. The summed E-state index contributed by atoms with van der Waals surface area (Å²) in [5.41, 5.74) is 19.3. The van der Waals surface area contributed by atoms with Crippen molar-refractivity contribution in [1.82, 2.24) is 16.1 Å². The van der Waals surface area contributed by atoms with E-state index in [1.807, 2.05) is 78.9 Å². The van der Waals surface area contributed by atoms with Crippen LogP contribution in [0.1, 0.15) is 94.8 Å². The number of amides is 1. The van der Waals surface area contributed by atoms with Crippen LogP contribution in [-0.4, -0.2) is 67.6 Å². The predicted octanol–water partition coefficient (Wildman–Crippen LogP) is 7.78. The fraction of sp³-hybridized carbons (Fsp3) is 0.340. The maximum absolute atomic E-state index is 11.6. The van der Waals surface area contributed by atoms with Gasteiger partial charge in [0.1, 0.15) is 0 Å². The molecule has 5 aromatic rings. The Morgan fingerprint density at radius 2 is 0.952 bits per heavy atom. The molecule has 63 heavy (non-hydrogen) atoms. The van der Waals surface area contributed by atoms with Gasteiger partial charge in [-0.3, -0.25) is 10.0 Å². The van der Waals surface area contributed by atoms with Gasteiger partial charge >= 0.3 is 11.9 Å². The van der Waals surface area contributed by atoms with E-state index in [9.17, 15) is 14.4 Å². The summed E-state index contributed by atoms with van der Waals surface area (Å²) in [5.74, 6) is -1.00. The minimum atomic E-state index is -0.462. The van der Waals surface area contributed by atoms with Crippen molar-refractivity contribution in [2.45, 2.75) is 89.0 Å². The summed E-state index contributed by atoms with van der Waals surface area (Å²) in [6.45, 7) is 1.67. The fourth-order valence-corrected chi connectivity index (χ4v) is 8.32. The number of rotatable bonds is 9. The van der Waals surface area contributed by atoms with Crippen LogP contribution in [-0.2, 0) is 61.1 Å². The number of aliphatic hydroxyl groups excluding tert-OH is 1. The number of hydroxylamine groups is 1. The van der Waals surface area contributed by atoms with Gasteiger partial charge in [0.05, 0.1) is 25.3 Å². The standard InChI is InChI=1S/C19H20ClNO2.C18H19ClN2O2.C12H15NO2.CH4O/c1-23-19(22)16-5-4-15-11-18(9-6-14(15)10-16)21-12-13-2-7-17(20)8-3-13;19-16-6-1-12(2-7-16)11-20-17-8-5-13-9-15(18(22)21-23)4-3-14(13)10-17;1-15-12(14)10-3-2-9-7-11(13)5-4-8(9)6-10;1-2/h2-5,7-8,10,18,21H,6,9,11-12H2,1H3;1-4,6-7,9,17,20,23H,5,8,10-11H2,(H,21,22);2-3,6,11H,4-5,7,13H2,1H3;2H,1H3. The van der Waals surface area contributed by atoms with E-state index >= 15 is 0 Å². The second kappa shape index (κ2) is 24.7. The summed E-state index contributed by atoms with van der Waals surface area (Å²) in [7, 11) is 3.82. The minimum absolute atomic E-state index is 0.265. The number of hydrogen-bond donors (Lipinski definition) is 6. The van der Waals surface area contributed by atoms with E-state index in [0.717, 1.165) is 88.0 Å². The molecule has 3 unspecified atom stereocenters. The first kappa shape index (κ1) is 48.9. The fourth-order valence-electron chi connectivity index (χ4n) is 8.07. The van der Waals surface area contributed by atoms with Crippen molar-refractivity contribution < 1.29 is 34.2 Å². The molecule has 0 aliphatic heterocycles. The second-order valence-electron chi connectivity index (χ2n) is 15.8. The Bertz CT molecular complexity index is 2170. The average Bonchev–Trinajstić information content (AvgIpc) is 3.33. The Labute approximate surface area is 380 Å². The molecule has 13 heteroatoms. The van der Waals surface area contributed by atoms with Gasteiger partial charge in [-0.05, 0) is 163 Å². The largest absolute Gasteiger partial charge is 0.465 e. The summed E-state index contributed by atoms with van der Waals surface area (Å²) >= 11 is 11.8. The Morgan fingerprint density at radius 1 is 0.571 bits per heavy atom. The lowest BCUT2D eigenvalue weighted by Crippen LogP contribution is -2.34. The molecule has 7 N–H and O–H groups in total. The lowest BCUT2D eigenvalue weighted by atomic mass is 9.87. The van der Waals surface area contributed by atoms with Crippen molar-refractivity contribution >= 4 is 41.0 Å². The van der Waals surface area contributed by atoms with Crippen molar-refractivity contribution in [2.75, 3.05) is 21.3 Å². The molecule has 3 atom stereocenters. The van der Waals surface area contributed by atoms with E-state index in [-0.39, 0.29) is 18.0 Å². The van der Waals surface area contributed by atoms with Crippen molar-refractivity contribution in [3.05, 3.63) is 174 Å². The van der Waals surface area contributed by atoms with Gasteiger partial charge in [0.25, 0.3) is 5.91 Å². The number of nitrogens with two attached hydrogens (primary N) is 1. The molecule has 0 fully saturated rings. The highest BCUT2D eigenvalue weighted by Crippen LogP contribution is 2.26. The number of aliphatic hydroxyl groups is 1. The molecular weight excluding hydrogens is 839 g/mol. The van der Waals surface area contributed by atoms with E-state index in [0.29, 0.717) is 28.8 Å². The molecule has 3 aliphatic rings. The first-order valence-electron chi connectivity index (χ1n) is 21.1. The molecule has 0 saturated carbocycles.